The number of nitrogens with two attached hydrogens (primary N) is 1. The van der Waals surface area contributed by atoms with Crippen molar-refractivity contribution in [2.24, 2.45) is 5.14 Å². The molecule has 0 fully saturated rings. The van der Waals surface area contributed by atoms with Gasteiger partial charge in [-0.1, -0.05) is 24.3 Å². The molecule has 0 bridgehead atoms. The number of amides is 1. The highest BCUT2D eigenvalue weighted by atomic mass is 32.2. The highest BCUT2D eigenvalue weighted by molar-refractivity contribution is 7.89. The second-order valence-corrected chi connectivity index (χ2v) is 8.97. The van der Waals surface area contributed by atoms with Crippen LogP contribution in [0.5, 0.6) is 5.75 Å². The Morgan fingerprint density at radius 2 is 1.88 bits per heavy atom. The maximum absolute atomic E-state index is 12.1. The van der Waals surface area contributed by atoms with E-state index in [1.807, 2.05) is 24.3 Å². The molecule has 9 nitrogen and oxygen atoms in total. The molecule has 0 atom stereocenters. The molecule has 0 spiro atoms. The Labute approximate surface area is 192 Å². The molecule has 3 N–H and O–H groups in total. The minimum absolute atomic E-state index is 0.0506. The van der Waals surface area contributed by atoms with E-state index in [9.17, 15) is 18.0 Å². The van der Waals surface area contributed by atoms with E-state index in [-0.39, 0.29) is 22.8 Å². The SMILES string of the molecule is COc1cccc(-c2ccc(=O)n(CCCC(=O)NCCc3ccc(S(N)(=O)=O)cc3)n2)c1. The molecule has 1 heterocycles. The predicted molar refractivity (Wildman–Crippen MR) is 124 cm³/mol. The van der Waals surface area contributed by atoms with Gasteiger partial charge in [0.05, 0.1) is 17.7 Å². The Bertz CT molecular complexity index is 1270. The van der Waals surface area contributed by atoms with Crippen molar-refractivity contribution >= 4 is 15.9 Å². The maximum Gasteiger partial charge on any atom is 0.266 e. The summed E-state index contributed by atoms with van der Waals surface area (Å²) in [6.07, 6.45) is 1.27. The summed E-state index contributed by atoms with van der Waals surface area (Å²) in [5.74, 6) is 0.567. The lowest BCUT2D eigenvalue weighted by Crippen LogP contribution is -2.27. The van der Waals surface area contributed by atoms with E-state index in [0.29, 0.717) is 37.4 Å². The monoisotopic (exact) mass is 470 g/mol. The third-order valence-corrected chi connectivity index (χ3v) is 5.92. The third kappa shape index (κ3) is 6.99. The first-order valence-corrected chi connectivity index (χ1v) is 11.9. The molecule has 33 heavy (non-hydrogen) atoms. The highest BCUT2D eigenvalue weighted by Crippen LogP contribution is 2.21. The molecule has 0 aliphatic carbocycles. The summed E-state index contributed by atoms with van der Waals surface area (Å²) in [7, 11) is -2.13. The molecule has 0 saturated carbocycles. The number of primary sulfonamides is 1. The average molecular weight is 471 g/mol. The van der Waals surface area contributed by atoms with Gasteiger partial charge in [0, 0.05) is 31.1 Å². The van der Waals surface area contributed by atoms with E-state index in [1.54, 1.807) is 25.3 Å². The van der Waals surface area contributed by atoms with Crippen LogP contribution in [0.2, 0.25) is 0 Å². The predicted octanol–water partition coefficient (Wildman–Crippen LogP) is 1.71. The second-order valence-electron chi connectivity index (χ2n) is 7.40. The van der Waals surface area contributed by atoms with E-state index in [2.05, 4.69) is 10.4 Å². The summed E-state index contributed by atoms with van der Waals surface area (Å²) in [5.41, 5.74) is 2.13. The molecule has 1 aromatic heterocycles. The van der Waals surface area contributed by atoms with Gasteiger partial charge in [-0.25, -0.2) is 18.2 Å². The Kier molecular flexibility index (Phi) is 7.96. The van der Waals surface area contributed by atoms with Crippen molar-refractivity contribution in [3.05, 3.63) is 76.6 Å². The molecule has 3 rings (SSSR count). The second kappa shape index (κ2) is 10.9. The van der Waals surface area contributed by atoms with Gasteiger partial charge in [0.2, 0.25) is 15.9 Å². The van der Waals surface area contributed by atoms with Crippen LogP contribution >= 0.6 is 0 Å². The molecule has 1 amide bonds. The van der Waals surface area contributed by atoms with Crippen LogP contribution in [0, 0.1) is 0 Å². The van der Waals surface area contributed by atoms with Crippen LogP contribution in [0.3, 0.4) is 0 Å². The summed E-state index contributed by atoms with van der Waals surface area (Å²) in [6.45, 7) is 0.732. The number of carbonyl (C=O) groups excluding carboxylic acids is 1. The lowest BCUT2D eigenvalue weighted by atomic mass is 10.1. The number of carbonyl (C=O) groups is 1. The van der Waals surface area contributed by atoms with Crippen molar-refractivity contribution in [2.45, 2.75) is 30.7 Å². The number of benzene rings is 2. The Morgan fingerprint density at radius 1 is 1.12 bits per heavy atom. The maximum atomic E-state index is 12.1. The summed E-state index contributed by atoms with van der Waals surface area (Å²) < 4.78 is 29.1. The van der Waals surface area contributed by atoms with Gasteiger partial charge in [0.15, 0.2) is 0 Å². The zero-order chi connectivity index (χ0) is 23.8. The number of methoxy groups -OCH3 is 1. The van der Waals surface area contributed by atoms with Crippen LogP contribution in [0.1, 0.15) is 18.4 Å². The van der Waals surface area contributed by atoms with Crippen molar-refractivity contribution < 1.29 is 17.9 Å². The van der Waals surface area contributed by atoms with Crippen LogP contribution < -0.4 is 20.8 Å². The number of aromatic nitrogens is 2. The van der Waals surface area contributed by atoms with E-state index in [1.165, 1.54) is 22.9 Å². The Hall–Kier alpha value is -3.50. The van der Waals surface area contributed by atoms with Crippen molar-refractivity contribution in [2.75, 3.05) is 13.7 Å². The van der Waals surface area contributed by atoms with Crippen molar-refractivity contribution in [3.8, 4) is 17.0 Å². The van der Waals surface area contributed by atoms with E-state index in [4.69, 9.17) is 9.88 Å². The number of nitrogens with zero attached hydrogens (tertiary/aromatic N) is 2. The van der Waals surface area contributed by atoms with Crippen molar-refractivity contribution in [1.82, 2.24) is 15.1 Å². The normalized spacial score (nSPS) is 11.2. The summed E-state index contributed by atoms with van der Waals surface area (Å²) in [5, 5.41) is 12.3. The Balaban J connectivity index is 1.48. The van der Waals surface area contributed by atoms with Crippen LogP contribution in [-0.2, 0) is 27.8 Å². The molecule has 0 aliphatic rings. The van der Waals surface area contributed by atoms with Crippen LogP contribution in [0.15, 0.2) is 70.4 Å². The number of ether oxygens (including phenoxy) is 1. The number of hydrogen-bond acceptors (Lipinski definition) is 6. The third-order valence-electron chi connectivity index (χ3n) is 4.99. The number of rotatable bonds is 10. The van der Waals surface area contributed by atoms with Gasteiger partial charge < -0.3 is 10.1 Å². The van der Waals surface area contributed by atoms with Gasteiger partial charge >= 0.3 is 0 Å². The van der Waals surface area contributed by atoms with Crippen molar-refractivity contribution in [1.29, 1.82) is 0 Å². The number of aryl methyl sites for hydroxylation is 1. The molecule has 174 valence electrons. The van der Waals surface area contributed by atoms with Crippen LogP contribution in [0.4, 0.5) is 0 Å². The van der Waals surface area contributed by atoms with E-state index in [0.717, 1.165) is 11.1 Å². The fraction of sp³-hybridized carbons (Fsp3) is 0.261. The minimum atomic E-state index is -3.72. The first kappa shape index (κ1) is 24.1. The fourth-order valence-corrected chi connectivity index (χ4v) is 3.73. The van der Waals surface area contributed by atoms with Gasteiger partial charge in [-0.05, 0) is 48.7 Å². The standard InChI is InChI=1S/C23H26N4O5S/c1-32-19-5-2-4-18(16-19)21-11-12-23(29)27(26-21)15-3-6-22(28)25-14-13-17-7-9-20(10-8-17)33(24,30)31/h2,4-5,7-12,16H,3,6,13-15H2,1H3,(H,25,28)(H2,24,30,31). The molecular weight excluding hydrogens is 444 g/mol. The van der Waals surface area contributed by atoms with E-state index < -0.39 is 10.0 Å². The quantitative estimate of drug-likeness (QED) is 0.463. The molecule has 3 aromatic rings. The zero-order valence-electron chi connectivity index (χ0n) is 18.2. The van der Waals surface area contributed by atoms with Gasteiger partial charge in [-0.15, -0.1) is 0 Å². The fourth-order valence-electron chi connectivity index (χ4n) is 3.22. The smallest absolute Gasteiger partial charge is 0.266 e. The highest BCUT2D eigenvalue weighted by Gasteiger charge is 2.08. The first-order chi connectivity index (χ1) is 15.8. The van der Waals surface area contributed by atoms with Crippen LogP contribution in [0.25, 0.3) is 11.3 Å². The molecule has 0 saturated heterocycles. The zero-order valence-corrected chi connectivity index (χ0v) is 19.0. The van der Waals surface area contributed by atoms with Gasteiger partial charge in [0.1, 0.15) is 5.75 Å². The lowest BCUT2D eigenvalue weighted by Gasteiger charge is -2.09. The number of nitrogens with one attached hydrogen (secondary N) is 1. The van der Waals surface area contributed by atoms with Gasteiger partial charge in [0.25, 0.3) is 5.56 Å². The molecule has 10 heteroatoms. The number of hydrogen-bond donors (Lipinski definition) is 2. The summed E-state index contributed by atoms with van der Waals surface area (Å²) in [4.78, 5) is 24.3. The van der Waals surface area contributed by atoms with E-state index >= 15 is 0 Å². The summed E-state index contributed by atoms with van der Waals surface area (Å²) in [6, 6.07) is 16.7. The van der Waals surface area contributed by atoms with Crippen LogP contribution in [-0.4, -0.2) is 37.8 Å². The molecule has 0 aliphatic heterocycles. The summed E-state index contributed by atoms with van der Waals surface area (Å²) >= 11 is 0. The molecule has 0 unspecified atom stereocenters. The van der Waals surface area contributed by atoms with Gasteiger partial charge in [-0.3, -0.25) is 9.59 Å². The largest absolute Gasteiger partial charge is 0.497 e. The average Bonchev–Trinajstić information content (AvgIpc) is 2.80. The topological polar surface area (TPSA) is 133 Å². The molecule has 2 aromatic carbocycles. The lowest BCUT2D eigenvalue weighted by molar-refractivity contribution is -0.121. The first-order valence-electron chi connectivity index (χ1n) is 10.4. The minimum Gasteiger partial charge on any atom is -0.497 e. The van der Waals surface area contributed by atoms with Crippen molar-refractivity contribution in [3.63, 3.8) is 0 Å². The number of sulfonamides is 1. The molecular formula is C23H26N4O5S. The van der Waals surface area contributed by atoms with Gasteiger partial charge in [-0.2, -0.15) is 5.10 Å². The molecule has 0 radical (unpaired) electrons. The Morgan fingerprint density at radius 3 is 2.58 bits per heavy atom.